The Bertz CT molecular complexity index is 490. The monoisotopic (exact) mass is 366 g/mol. The van der Waals surface area contributed by atoms with Crippen LogP contribution in [0.5, 0.6) is 0 Å². The number of hydrogen-bond acceptors (Lipinski definition) is 4. The van der Waals surface area contributed by atoms with Gasteiger partial charge < -0.3 is 10.6 Å². The minimum absolute atomic E-state index is 0. The lowest BCUT2D eigenvalue weighted by Crippen LogP contribution is -2.57. The van der Waals surface area contributed by atoms with Crippen molar-refractivity contribution >= 4 is 28.2 Å². The minimum atomic E-state index is -3.40. The van der Waals surface area contributed by atoms with E-state index in [-0.39, 0.29) is 18.3 Å². The summed E-state index contributed by atoms with van der Waals surface area (Å²) in [6.07, 6.45) is 7.97. The van der Waals surface area contributed by atoms with Crippen LogP contribution in [0.15, 0.2) is 0 Å². The van der Waals surface area contributed by atoms with Gasteiger partial charge in [0.1, 0.15) is 0 Å². The van der Waals surface area contributed by atoms with Gasteiger partial charge in [-0.2, -0.15) is 0 Å². The first-order valence-corrected chi connectivity index (χ1v) is 10.4. The van der Waals surface area contributed by atoms with E-state index in [1.807, 2.05) is 0 Å². The summed E-state index contributed by atoms with van der Waals surface area (Å²) in [4.78, 5) is 12.6. The van der Waals surface area contributed by atoms with E-state index in [1.165, 1.54) is 31.9 Å². The third-order valence-corrected chi connectivity index (χ3v) is 7.43. The van der Waals surface area contributed by atoms with E-state index < -0.39 is 14.6 Å². The Morgan fingerprint density at radius 3 is 2.48 bits per heavy atom. The van der Waals surface area contributed by atoms with Crippen molar-refractivity contribution in [3.05, 3.63) is 0 Å². The summed E-state index contributed by atoms with van der Waals surface area (Å²) in [6.45, 7) is 4.06. The van der Waals surface area contributed by atoms with Gasteiger partial charge in [-0.3, -0.25) is 4.79 Å². The number of nitrogens with one attached hydrogen (secondary N) is 2. The molecule has 0 radical (unpaired) electrons. The molecule has 5 nitrogen and oxygen atoms in total. The summed E-state index contributed by atoms with van der Waals surface area (Å²) in [5.41, 5.74) is 0. The number of carbonyl (C=O) groups is 1. The van der Waals surface area contributed by atoms with Crippen LogP contribution in [-0.4, -0.2) is 45.0 Å². The highest BCUT2D eigenvalue weighted by molar-refractivity contribution is 7.92. The number of hydrogen-bond donors (Lipinski definition) is 2. The fraction of sp³-hybridized carbons (Fsp3) is 0.938. The molecule has 0 spiro atoms. The van der Waals surface area contributed by atoms with Gasteiger partial charge in [0.05, 0.1) is 0 Å². The van der Waals surface area contributed by atoms with Gasteiger partial charge in [0.15, 0.2) is 14.6 Å². The van der Waals surface area contributed by atoms with Crippen molar-refractivity contribution in [2.45, 2.75) is 56.6 Å². The van der Waals surface area contributed by atoms with Crippen molar-refractivity contribution in [1.29, 1.82) is 0 Å². The fourth-order valence-corrected chi connectivity index (χ4v) is 5.32. The van der Waals surface area contributed by atoms with Gasteiger partial charge in [-0.05, 0) is 50.6 Å². The summed E-state index contributed by atoms with van der Waals surface area (Å²) in [7, 11) is -3.40. The lowest BCUT2D eigenvalue weighted by atomic mass is 9.81. The van der Waals surface area contributed by atoms with Crippen molar-refractivity contribution in [3.63, 3.8) is 0 Å². The number of amides is 1. The van der Waals surface area contributed by atoms with E-state index in [0.717, 1.165) is 12.3 Å². The average Bonchev–Trinajstić information content (AvgIpc) is 2.47. The summed E-state index contributed by atoms with van der Waals surface area (Å²) in [5.74, 6) is 1.16. The van der Waals surface area contributed by atoms with Gasteiger partial charge in [-0.15, -0.1) is 12.4 Å². The predicted octanol–water partition coefficient (Wildman–Crippen LogP) is 1.91. The van der Waals surface area contributed by atoms with E-state index in [2.05, 4.69) is 17.6 Å². The molecule has 2 unspecified atom stereocenters. The zero-order valence-electron chi connectivity index (χ0n) is 14.3. The molecule has 1 heterocycles. The van der Waals surface area contributed by atoms with E-state index in [4.69, 9.17) is 0 Å². The second-order valence-electron chi connectivity index (χ2n) is 7.20. The smallest absolute Gasteiger partial charge is 0.241 e. The minimum Gasteiger partial charge on any atom is -0.355 e. The molecule has 2 atom stereocenters. The molecule has 136 valence electrons. The van der Waals surface area contributed by atoms with Crippen molar-refractivity contribution in [2.75, 3.05) is 25.9 Å². The van der Waals surface area contributed by atoms with Gasteiger partial charge in [0.2, 0.25) is 5.91 Å². The van der Waals surface area contributed by atoms with Crippen molar-refractivity contribution in [2.24, 2.45) is 11.8 Å². The largest absolute Gasteiger partial charge is 0.355 e. The van der Waals surface area contributed by atoms with E-state index >= 15 is 0 Å². The van der Waals surface area contributed by atoms with Gasteiger partial charge in [-0.25, -0.2) is 8.42 Å². The van der Waals surface area contributed by atoms with Crippen LogP contribution in [0, 0.1) is 11.8 Å². The van der Waals surface area contributed by atoms with Crippen LogP contribution in [0.25, 0.3) is 0 Å². The fourth-order valence-electron chi connectivity index (χ4n) is 3.97. The molecule has 0 aromatic heterocycles. The van der Waals surface area contributed by atoms with E-state index in [0.29, 0.717) is 38.4 Å². The van der Waals surface area contributed by atoms with Crippen molar-refractivity contribution < 1.29 is 13.2 Å². The normalized spacial score (nSPS) is 27.7. The van der Waals surface area contributed by atoms with E-state index in [1.54, 1.807) is 0 Å². The number of halogens is 1. The first kappa shape index (κ1) is 20.7. The Kier molecular flexibility index (Phi) is 7.81. The maximum absolute atomic E-state index is 12.6. The van der Waals surface area contributed by atoms with Crippen LogP contribution in [0.2, 0.25) is 0 Å². The third-order valence-electron chi connectivity index (χ3n) is 5.42. The zero-order chi connectivity index (χ0) is 16.2. The number of sulfone groups is 1. The first-order valence-electron chi connectivity index (χ1n) is 8.54. The summed E-state index contributed by atoms with van der Waals surface area (Å²) >= 11 is 0. The molecular formula is C16H31ClN2O3S. The zero-order valence-corrected chi connectivity index (χ0v) is 15.9. The van der Waals surface area contributed by atoms with Gasteiger partial charge in [0, 0.05) is 12.8 Å². The van der Waals surface area contributed by atoms with Crippen LogP contribution in [0.3, 0.4) is 0 Å². The molecular weight excluding hydrogens is 336 g/mol. The van der Waals surface area contributed by atoms with Crippen LogP contribution >= 0.6 is 12.4 Å². The average molecular weight is 367 g/mol. The second kappa shape index (κ2) is 8.67. The Labute approximate surface area is 146 Å². The molecule has 1 aliphatic heterocycles. The second-order valence-corrected chi connectivity index (χ2v) is 9.52. The Balaban J connectivity index is 0.00000264. The van der Waals surface area contributed by atoms with Crippen molar-refractivity contribution in [1.82, 2.24) is 10.6 Å². The Hall–Kier alpha value is -0.330. The molecule has 2 rings (SSSR count). The molecule has 0 aromatic carbocycles. The maximum Gasteiger partial charge on any atom is 0.241 e. The molecule has 23 heavy (non-hydrogen) atoms. The quantitative estimate of drug-likeness (QED) is 0.779. The molecule has 1 aliphatic carbocycles. The molecule has 0 bridgehead atoms. The molecule has 1 saturated carbocycles. The van der Waals surface area contributed by atoms with Crippen molar-refractivity contribution in [3.8, 4) is 0 Å². The lowest BCUT2D eigenvalue weighted by molar-refractivity contribution is -0.124. The molecule has 1 amide bonds. The highest BCUT2D eigenvalue weighted by Gasteiger charge is 2.48. The number of rotatable bonds is 5. The summed E-state index contributed by atoms with van der Waals surface area (Å²) < 4.78 is 23.1. The van der Waals surface area contributed by atoms with Crippen LogP contribution in [0.1, 0.15) is 51.9 Å². The highest BCUT2D eigenvalue weighted by atomic mass is 35.5. The molecule has 2 N–H and O–H groups in total. The molecule has 2 fully saturated rings. The van der Waals surface area contributed by atoms with Gasteiger partial charge in [-0.1, -0.05) is 26.2 Å². The van der Waals surface area contributed by atoms with Crippen LogP contribution < -0.4 is 10.6 Å². The maximum atomic E-state index is 12.6. The van der Waals surface area contributed by atoms with Gasteiger partial charge >= 0.3 is 0 Å². The topological polar surface area (TPSA) is 75.3 Å². The van der Waals surface area contributed by atoms with Crippen LogP contribution in [0.4, 0.5) is 0 Å². The standard InChI is InChI=1S/C16H30N2O3S.ClH/c1-13-4-3-5-14(12-13)6-9-18-15(19)16(22(2,20)21)7-10-17-11-8-16;/h13-14,17H,3-12H2,1-2H3,(H,18,19);1H. The van der Waals surface area contributed by atoms with Crippen LogP contribution in [-0.2, 0) is 14.6 Å². The third kappa shape index (κ3) is 5.07. The Morgan fingerprint density at radius 1 is 1.26 bits per heavy atom. The molecule has 2 aliphatic rings. The predicted molar refractivity (Wildman–Crippen MR) is 95.7 cm³/mol. The number of piperidine rings is 1. The first-order chi connectivity index (χ1) is 10.3. The Morgan fingerprint density at radius 2 is 1.91 bits per heavy atom. The number of carbonyl (C=O) groups excluding carboxylic acids is 1. The highest BCUT2D eigenvalue weighted by Crippen LogP contribution is 2.31. The summed E-state index contributed by atoms with van der Waals surface area (Å²) in [6, 6.07) is 0. The molecule has 7 heteroatoms. The molecule has 0 aromatic rings. The SMILES string of the molecule is CC1CCCC(CCNC(=O)C2(S(C)(=O)=O)CCNCC2)C1.Cl. The van der Waals surface area contributed by atoms with E-state index in [9.17, 15) is 13.2 Å². The summed E-state index contributed by atoms with van der Waals surface area (Å²) in [5, 5.41) is 6.05. The van der Waals surface area contributed by atoms with Gasteiger partial charge in [0.25, 0.3) is 0 Å². The molecule has 1 saturated heterocycles. The lowest BCUT2D eigenvalue weighted by Gasteiger charge is -2.34.